The third-order valence-corrected chi connectivity index (χ3v) is 2.92. The predicted molar refractivity (Wildman–Crippen MR) is 72.0 cm³/mol. The molecule has 0 heterocycles. The summed E-state index contributed by atoms with van der Waals surface area (Å²) in [5.41, 5.74) is -0.184. The van der Waals surface area contributed by atoms with Crippen LogP contribution in [-0.4, -0.2) is 10.9 Å². The van der Waals surface area contributed by atoms with E-state index < -0.39 is 10.9 Å². The molecule has 1 aromatic rings. The molecule has 0 radical (unpaired) electrons. The van der Waals surface area contributed by atoms with E-state index in [4.69, 9.17) is 4.74 Å². The quantitative estimate of drug-likeness (QED) is 0.248. The Morgan fingerprint density at radius 2 is 2.05 bits per heavy atom. The number of para-hydroxylation sites is 2. The van der Waals surface area contributed by atoms with E-state index in [-0.39, 0.29) is 17.4 Å². The molecule has 104 valence electrons. The molecular weight excluding hydrogens is 246 g/mol. The fourth-order valence-electron chi connectivity index (χ4n) is 1.72. The van der Waals surface area contributed by atoms with Gasteiger partial charge in [-0.2, -0.15) is 0 Å². The zero-order chi connectivity index (χ0) is 14.3. The van der Waals surface area contributed by atoms with Gasteiger partial charge in [0.2, 0.25) is 5.75 Å². The number of nitro benzene ring substituents is 1. The van der Waals surface area contributed by atoms with Gasteiger partial charge < -0.3 is 4.74 Å². The number of esters is 1. The van der Waals surface area contributed by atoms with Crippen LogP contribution in [0, 0.1) is 16.0 Å². The van der Waals surface area contributed by atoms with Gasteiger partial charge in [-0.3, -0.25) is 14.9 Å². The van der Waals surface area contributed by atoms with E-state index in [0.717, 1.165) is 25.7 Å². The summed E-state index contributed by atoms with van der Waals surface area (Å²) >= 11 is 0. The molecule has 0 bridgehead atoms. The standard InChI is InChI=1S/C14H19NO4/c1-3-4-5-8-11(2)14(16)19-13-10-7-6-9-12(13)15(17)18/h6-7,9-11H,3-5,8H2,1-2H3. The van der Waals surface area contributed by atoms with Crippen molar-refractivity contribution in [3.8, 4) is 5.75 Å². The molecular formula is C14H19NO4. The highest BCUT2D eigenvalue weighted by Gasteiger charge is 2.20. The van der Waals surface area contributed by atoms with E-state index >= 15 is 0 Å². The molecule has 1 aromatic carbocycles. The molecule has 0 spiro atoms. The number of hydrogen-bond acceptors (Lipinski definition) is 4. The molecule has 0 saturated carbocycles. The normalized spacial score (nSPS) is 11.9. The largest absolute Gasteiger partial charge is 0.419 e. The van der Waals surface area contributed by atoms with Crippen LogP contribution in [0.15, 0.2) is 24.3 Å². The number of carbonyl (C=O) groups is 1. The van der Waals surface area contributed by atoms with Crippen molar-refractivity contribution in [2.75, 3.05) is 0 Å². The highest BCUT2D eigenvalue weighted by molar-refractivity contribution is 5.75. The fourth-order valence-corrected chi connectivity index (χ4v) is 1.72. The topological polar surface area (TPSA) is 69.4 Å². The van der Waals surface area contributed by atoms with Crippen LogP contribution in [0.25, 0.3) is 0 Å². The number of nitro groups is 1. The molecule has 0 saturated heterocycles. The molecule has 19 heavy (non-hydrogen) atoms. The fraction of sp³-hybridized carbons (Fsp3) is 0.500. The molecule has 0 aliphatic rings. The highest BCUT2D eigenvalue weighted by Crippen LogP contribution is 2.27. The van der Waals surface area contributed by atoms with Crippen molar-refractivity contribution in [1.82, 2.24) is 0 Å². The third-order valence-electron chi connectivity index (χ3n) is 2.92. The Bertz CT molecular complexity index is 445. The van der Waals surface area contributed by atoms with Gasteiger partial charge in [0, 0.05) is 6.07 Å². The van der Waals surface area contributed by atoms with Crippen LogP contribution >= 0.6 is 0 Å². The van der Waals surface area contributed by atoms with Gasteiger partial charge in [-0.15, -0.1) is 0 Å². The summed E-state index contributed by atoms with van der Waals surface area (Å²) in [4.78, 5) is 22.1. The first kappa shape index (κ1) is 15.1. The van der Waals surface area contributed by atoms with Crippen LogP contribution in [0.4, 0.5) is 5.69 Å². The van der Waals surface area contributed by atoms with Crippen LogP contribution in [0.1, 0.15) is 39.5 Å². The molecule has 1 rings (SSSR count). The number of carbonyl (C=O) groups excluding carboxylic acids is 1. The summed E-state index contributed by atoms with van der Waals surface area (Å²) < 4.78 is 5.12. The van der Waals surface area contributed by atoms with Crippen molar-refractivity contribution in [3.63, 3.8) is 0 Å². The molecule has 0 aliphatic heterocycles. The van der Waals surface area contributed by atoms with Gasteiger partial charge in [0.25, 0.3) is 0 Å². The summed E-state index contributed by atoms with van der Waals surface area (Å²) in [6, 6.07) is 5.91. The Labute approximate surface area is 112 Å². The smallest absolute Gasteiger partial charge is 0.314 e. The second-order valence-electron chi connectivity index (χ2n) is 4.54. The van der Waals surface area contributed by atoms with Gasteiger partial charge in [0.05, 0.1) is 10.8 Å². The SMILES string of the molecule is CCCCCC(C)C(=O)Oc1ccccc1[N+](=O)[O-]. The van der Waals surface area contributed by atoms with E-state index in [0.29, 0.717) is 0 Å². The lowest BCUT2D eigenvalue weighted by Gasteiger charge is -2.10. The van der Waals surface area contributed by atoms with Crippen molar-refractivity contribution in [3.05, 3.63) is 34.4 Å². The van der Waals surface area contributed by atoms with Gasteiger partial charge in [0.1, 0.15) is 0 Å². The number of rotatable bonds is 7. The maximum absolute atomic E-state index is 11.8. The number of unbranched alkanes of at least 4 members (excludes halogenated alkanes) is 2. The molecule has 1 unspecified atom stereocenters. The van der Waals surface area contributed by atoms with Crippen LogP contribution in [-0.2, 0) is 4.79 Å². The minimum atomic E-state index is -0.551. The first-order valence-corrected chi connectivity index (χ1v) is 6.51. The summed E-state index contributed by atoms with van der Waals surface area (Å²) in [6.45, 7) is 3.88. The van der Waals surface area contributed by atoms with Gasteiger partial charge in [-0.05, 0) is 12.5 Å². The Hall–Kier alpha value is -1.91. The van der Waals surface area contributed by atoms with Gasteiger partial charge in [-0.25, -0.2) is 0 Å². The van der Waals surface area contributed by atoms with Crippen LogP contribution in [0.3, 0.4) is 0 Å². The highest BCUT2D eigenvalue weighted by atomic mass is 16.6. The molecule has 0 aliphatic carbocycles. The summed E-state index contributed by atoms with van der Waals surface area (Å²) in [7, 11) is 0. The number of benzene rings is 1. The minimum absolute atomic E-state index is 0.0137. The zero-order valence-corrected chi connectivity index (χ0v) is 11.3. The monoisotopic (exact) mass is 265 g/mol. The second kappa shape index (κ2) is 7.51. The summed E-state index contributed by atoms with van der Waals surface area (Å²) in [5, 5.41) is 10.8. The van der Waals surface area contributed by atoms with Crippen molar-refractivity contribution in [1.29, 1.82) is 0 Å². The molecule has 0 aromatic heterocycles. The molecule has 5 nitrogen and oxygen atoms in total. The molecule has 0 N–H and O–H groups in total. The lowest BCUT2D eigenvalue weighted by molar-refractivity contribution is -0.385. The Morgan fingerprint density at radius 1 is 1.37 bits per heavy atom. The van der Waals surface area contributed by atoms with E-state index in [9.17, 15) is 14.9 Å². The first-order chi connectivity index (χ1) is 9.06. The Balaban J connectivity index is 2.64. The maximum Gasteiger partial charge on any atom is 0.314 e. The second-order valence-corrected chi connectivity index (χ2v) is 4.54. The van der Waals surface area contributed by atoms with Crippen LogP contribution in [0.5, 0.6) is 5.75 Å². The van der Waals surface area contributed by atoms with E-state index in [1.165, 1.54) is 12.1 Å². The number of hydrogen-bond donors (Lipinski definition) is 0. The van der Waals surface area contributed by atoms with Crippen LogP contribution < -0.4 is 4.74 Å². The van der Waals surface area contributed by atoms with E-state index in [1.807, 2.05) is 0 Å². The number of nitrogens with zero attached hydrogens (tertiary/aromatic N) is 1. The lowest BCUT2D eigenvalue weighted by atomic mass is 10.0. The van der Waals surface area contributed by atoms with Gasteiger partial charge >= 0.3 is 11.7 Å². The Morgan fingerprint density at radius 3 is 2.68 bits per heavy atom. The van der Waals surface area contributed by atoms with Crippen molar-refractivity contribution in [2.24, 2.45) is 5.92 Å². The number of ether oxygens (including phenoxy) is 1. The van der Waals surface area contributed by atoms with Crippen molar-refractivity contribution in [2.45, 2.75) is 39.5 Å². The molecule has 5 heteroatoms. The average molecular weight is 265 g/mol. The van der Waals surface area contributed by atoms with Crippen molar-refractivity contribution >= 4 is 11.7 Å². The van der Waals surface area contributed by atoms with E-state index in [2.05, 4.69) is 6.92 Å². The predicted octanol–water partition coefficient (Wildman–Crippen LogP) is 3.72. The summed E-state index contributed by atoms with van der Waals surface area (Å²) in [6.07, 6.45) is 3.87. The zero-order valence-electron chi connectivity index (χ0n) is 11.3. The van der Waals surface area contributed by atoms with Crippen LogP contribution in [0.2, 0.25) is 0 Å². The summed E-state index contributed by atoms with van der Waals surface area (Å²) in [5.74, 6) is -0.642. The van der Waals surface area contributed by atoms with Gasteiger partial charge in [0.15, 0.2) is 0 Å². The first-order valence-electron chi connectivity index (χ1n) is 6.51. The molecule has 0 amide bonds. The Kier molecular flexibility index (Phi) is 5.99. The minimum Gasteiger partial charge on any atom is -0.419 e. The maximum atomic E-state index is 11.8. The van der Waals surface area contributed by atoms with Gasteiger partial charge in [-0.1, -0.05) is 45.2 Å². The van der Waals surface area contributed by atoms with E-state index in [1.54, 1.807) is 19.1 Å². The molecule has 1 atom stereocenters. The average Bonchev–Trinajstić information content (AvgIpc) is 2.39. The lowest BCUT2D eigenvalue weighted by Crippen LogP contribution is -2.18. The van der Waals surface area contributed by atoms with Crippen molar-refractivity contribution < 1.29 is 14.5 Å². The third kappa shape index (κ3) is 4.69. The molecule has 0 fully saturated rings.